The Labute approximate surface area is 180 Å². The summed E-state index contributed by atoms with van der Waals surface area (Å²) in [6.45, 7) is 3.98. The van der Waals surface area contributed by atoms with E-state index in [0.29, 0.717) is 34.5 Å². The predicted molar refractivity (Wildman–Crippen MR) is 117 cm³/mol. The van der Waals surface area contributed by atoms with E-state index < -0.39 is 11.9 Å². The van der Waals surface area contributed by atoms with Crippen LogP contribution < -0.4 is 5.32 Å². The molecular formula is C25H23NO5. The number of benzene rings is 3. The average molecular weight is 417 g/mol. The Hall–Kier alpha value is -3.93. The Kier molecular flexibility index (Phi) is 7.17. The third-order valence-corrected chi connectivity index (χ3v) is 4.47. The van der Waals surface area contributed by atoms with E-state index in [2.05, 4.69) is 5.32 Å². The molecule has 0 bridgehead atoms. The molecule has 3 aromatic carbocycles. The number of esters is 2. The number of carbonyl (C=O) groups is 3. The highest BCUT2D eigenvalue weighted by molar-refractivity contribution is 6.04. The second kappa shape index (κ2) is 10.2. The first-order chi connectivity index (χ1) is 15.0. The van der Waals surface area contributed by atoms with Crippen LogP contribution in [0, 0.1) is 6.92 Å². The predicted octanol–water partition coefficient (Wildman–Crippen LogP) is 4.78. The maximum absolute atomic E-state index is 12.3. The van der Waals surface area contributed by atoms with Crippen LogP contribution in [-0.2, 0) is 16.1 Å². The minimum atomic E-state index is -0.502. The van der Waals surface area contributed by atoms with Crippen molar-refractivity contribution in [1.29, 1.82) is 0 Å². The maximum atomic E-state index is 12.3. The molecule has 158 valence electrons. The summed E-state index contributed by atoms with van der Waals surface area (Å²) in [6.07, 6.45) is 0. The molecule has 1 amide bonds. The van der Waals surface area contributed by atoms with E-state index in [-0.39, 0.29) is 12.5 Å². The first-order valence-corrected chi connectivity index (χ1v) is 9.87. The second-order valence-corrected chi connectivity index (χ2v) is 6.90. The number of ether oxygens (including phenoxy) is 2. The monoisotopic (exact) mass is 417 g/mol. The summed E-state index contributed by atoms with van der Waals surface area (Å²) in [6, 6.07) is 20.5. The number of carbonyl (C=O) groups excluding carboxylic acids is 3. The summed E-state index contributed by atoms with van der Waals surface area (Å²) in [5, 5.41) is 2.80. The molecule has 0 aromatic heterocycles. The molecule has 0 aliphatic rings. The van der Waals surface area contributed by atoms with E-state index in [9.17, 15) is 14.4 Å². The van der Waals surface area contributed by atoms with Gasteiger partial charge in [0.15, 0.2) is 0 Å². The molecule has 0 spiro atoms. The number of hydrogen-bond donors (Lipinski definition) is 1. The third kappa shape index (κ3) is 6.02. The van der Waals surface area contributed by atoms with Gasteiger partial charge in [-0.1, -0.05) is 29.8 Å². The van der Waals surface area contributed by atoms with Gasteiger partial charge in [-0.25, -0.2) is 9.59 Å². The summed E-state index contributed by atoms with van der Waals surface area (Å²) >= 11 is 0. The Morgan fingerprint density at radius 1 is 0.774 bits per heavy atom. The van der Waals surface area contributed by atoms with E-state index in [4.69, 9.17) is 9.47 Å². The van der Waals surface area contributed by atoms with Crippen molar-refractivity contribution in [3.8, 4) is 0 Å². The number of nitrogens with one attached hydrogen (secondary N) is 1. The zero-order chi connectivity index (χ0) is 22.2. The summed E-state index contributed by atoms with van der Waals surface area (Å²) < 4.78 is 10.3. The van der Waals surface area contributed by atoms with Crippen LogP contribution in [-0.4, -0.2) is 24.5 Å². The molecule has 0 unspecified atom stereocenters. The standard InChI is InChI=1S/C25H23NO5/c1-3-30-25(29)21-9-5-7-18(15-21)16-31-24(28)19-10-12-22(13-11-19)26-23(27)20-8-4-6-17(2)14-20/h4-15H,3,16H2,1-2H3,(H,26,27). The largest absolute Gasteiger partial charge is 0.462 e. The van der Waals surface area contributed by atoms with Gasteiger partial charge in [0.25, 0.3) is 5.91 Å². The molecule has 0 fully saturated rings. The molecule has 6 nitrogen and oxygen atoms in total. The fraction of sp³-hybridized carbons (Fsp3) is 0.160. The van der Waals surface area contributed by atoms with E-state index in [1.807, 2.05) is 19.1 Å². The maximum Gasteiger partial charge on any atom is 0.338 e. The molecule has 3 aromatic rings. The van der Waals surface area contributed by atoms with Crippen molar-refractivity contribution in [2.45, 2.75) is 20.5 Å². The Morgan fingerprint density at radius 3 is 2.16 bits per heavy atom. The van der Waals surface area contributed by atoms with E-state index >= 15 is 0 Å². The van der Waals surface area contributed by atoms with Gasteiger partial charge in [-0.15, -0.1) is 0 Å². The lowest BCUT2D eigenvalue weighted by Crippen LogP contribution is -2.12. The normalized spacial score (nSPS) is 10.3. The van der Waals surface area contributed by atoms with Crippen molar-refractivity contribution in [3.05, 3.63) is 101 Å². The van der Waals surface area contributed by atoms with Gasteiger partial charge in [-0.3, -0.25) is 4.79 Å². The zero-order valence-electron chi connectivity index (χ0n) is 17.4. The first kappa shape index (κ1) is 21.8. The van der Waals surface area contributed by atoms with Gasteiger partial charge in [0, 0.05) is 11.3 Å². The third-order valence-electron chi connectivity index (χ3n) is 4.47. The highest BCUT2D eigenvalue weighted by Gasteiger charge is 2.11. The molecule has 0 saturated carbocycles. The minimum absolute atomic E-state index is 0.0257. The van der Waals surface area contributed by atoms with Crippen molar-refractivity contribution in [2.24, 2.45) is 0 Å². The second-order valence-electron chi connectivity index (χ2n) is 6.90. The van der Waals surface area contributed by atoms with Crippen LogP contribution in [0.15, 0.2) is 72.8 Å². The molecular weight excluding hydrogens is 394 g/mol. The molecule has 0 radical (unpaired) electrons. The number of rotatable bonds is 7. The van der Waals surface area contributed by atoms with Crippen molar-refractivity contribution < 1.29 is 23.9 Å². The summed E-state index contributed by atoms with van der Waals surface area (Å²) in [5.74, 6) is -1.14. The van der Waals surface area contributed by atoms with Crippen molar-refractivity contribution in [1.82, 2.24) is 0 Å². The molecule has 0 heterocycles. The van der Waals surface area contributed by atoms with Gasteiger partial charge < -0.3 is 14.8 Å². The van der Waals surface area contributed by atoms with Gasteiger partial charge >= 0.3 is 11.9 Å². The summed E-state index contributed by atoms with van der Waals surface area (Å²) in [4.78, 5) is 36.5. The van der Waals surface area contributed by atoms with E-state index in [1.54, 1.807) is 67.6 Å². The molecule has 0 atom stereocenters. The Bertz CT molecular complexity index is 1090. The molecule has 1 N–H and O–H groups in total. The van der Waals surface area contributed by atoms with Gasteiger partial charge in [0.05, 0.1) is 17.7 Å². The average Bonchev–Trinajstić information content (AvgIpc) is 2.78. The Morgan fingerprint density at radius 2 is 1.45 bits per heavy atom. The Balaban J connectivity index is 1.57. The van der Waals surface area contributed by atoms with Gasteiger partial charge in [0.1, 0.15) is 6.61 Å². The number of amides is 1. The molecule has 6 heteroatoms. The van der Waals surface area contributed by atoms with Crippen LogP contribution in [0.1, 0.15) is 49.1 Å². The number of hydrogen-bond acceptors (Lipinski definition) is 5. The van der Waals surface area contributed by atoms with Gasteiger partial charge in [-0.05, 0) is 67.9 Å². The molecule has 3 rings (SSSR count). The smallest absolute Gasteiger partial charge is 0.338 e. The van der Waals surface area contributed by atoms with Crippen LogP contribution >= 0.6 is 0 Å². The fourth-order valence-electron chi connectivity index (χ4n) is 2.91. The fourth-order valence-corrected chi connectivity index (χ4v) is 2.91. The minimum Gasteiger partial charge on any atom is -0.462 e. The van der Waals surface area contributed by atoms with Crippen LogP contribution in [0.2, 0.25) is 0 Å². The molecule has 0 aliphatic carbocycles. The molecule has 0 saturated heterocycles. The topological polar surface area (TPSA) is 81.7 Å². The quantitative estimate of drug-likeness (QED) is 0.560. The lowest BCUT2D eigenvalue weighted by atomic mass is 10.1. The van der Waals surface area contributed by atoms with Crippen LogP contribution in [0.25, 0.3) is 0 Å². The van der Waals surface area contributed by atoms with Crippen molar-refractivity contribution in [3.63, 3.8) is 0 Å². The highest BCUT2D eigenvalue weighted by atomic mass is 16.5. The van der Waals surface area contributed by atoms with Crippen LogP contribution in [0.4, 0.5) is 5.69 Å². The molecule has 31 heavy (non-hydrogen) atoms. The number of anilines is 1. The molecule has 0 aliphatic heterocycles. The highest BCUT2D eigenvalue weighted by Crippen LogP contribution is 2.14. The van der Waals surface area contributed by atoms with Crippen molar-refractivity contribution >= 4 is 23.5 Å². The lowest BCUT2D eigenvalue weighted by molar-refractivity contribution is 0.0472. The van der Waals surface area contributed by atoms with Gasteiger partial charge in [0.2, 0.25) is 0 Å². The first-order valence-electron chi connectivity index (χ1n) is 9.87. The summed E-state index contributed by atoms with van der Waals surface area (Å²) in [7, 11) is 0. The zero-order valence-corrected chi connectivity index (χ0v) is 17.4. The lowest BCUT2D eigenvalue weighted by Gasteiger charge is -2.09. The summed E-state index contributed by atoms with van der Waals surface area (Å²) in [5.41, 5.74) is 3.58. The van der Waals surface area contributed by atoms with Crippen molar-refractivity contribution in [2.75, 3.05) is 11.9 Å². The van der Waals surface area contributed by atoms with Gasteiger partial charge in [-0.2, -0.15) is 0 Å². The van der Waals surface area contributed by atoms with E-state index in [0.717, 1.165) is 5.56 Å². The SMILES string of the molecule is CCOC(=O)c1cccc(COC(=O)c2ccc(NC(=O)c3cccc(C)c3)cc2)c1. The van der Waals surface area contributed by atoms with E-state index in [1.165, 1.54) is 0 Å². The van der Waals surface area contributed by atoms with Crippen LogP contribution in [0.3, 0.4) is 0 Å². The number of aryl methyl sites for hydroxylation is 1. The van der Waals surface area contributed by atoms with Crippen LogP contribution in [0.5, 0.6) is 0 Å².